The van der Waals surface area contributed by atoms with Gasteiger partial charge in [-0.1, -0.05) is 6.08 Å². The Balaban J connectivity index is 1.71. The first-order chi connectivity index (χ1) is 8.91. The maximum atomic E-state index is 5.90. The molecular formula is C14H25BO4. The van der Waals surface area contributed by atoms with E-state index in [9.17, 15) is 0 Å². The number of ether oxygens (including phenoxy) is 2. The van der Waals surface area contributed by atoms with Gasteiger partial charge < -0.3 is 18.8 Å². The third-order valence-corrected chi connectivity index (χ3v) is 4.10. The molecule has 0 amide bonds. The number of rotatable bonds is 4. The topological polar surface area (TPSA) is 36.9 Å². The molecule has 2 saturated heterocycles. The van der Waals surface area contributed by atoms with E-state index >= 15 is 0 Å². The predicted octanol–water partition coefficient (Wildman–Crippen LogP) is 3.14. The van der Waals surface area contributed by atoms with Gasteiger partial charge in [-0.3, -0.25) is 0 Å². The molecule has 0 spiro atoms. The summed E-state index contributed by atoms with van der Waals surface area (Å²) in [5.41, 5.74) is -0.530. The highest BCUT2D eigenvalue weighted by Gasteiger charge is 2.50. The molecule has 0 aromatic heterocycles. The molecule has 2 aliphatic rings. The molecule has 0 N–H and O–H groups in total. The van der Waals surface area contributed by atoms with Gasteiger partial charge in [0.25, 0.3) is 0 Å². The van der Waals surface area contributed by atoms with Crippen LogP contribution in [-0.4, -0.2) is 31.2 Å². The van der Waals surface area contributed by atoms with Gasteiger partial charge in [0, 0.05) is 12.7 Å². The lowest BCUT2D eigenvalue weighted by Gasteiger charge is -2.32. The highest BCUT2D eigenvalue weighted by Crippen LogP contribution is 2.37. The fraction of sp³-hybridized carbons (Fsp3) is 0.857. The summed E-state index contributed by atoms with van der Waals surface area (Å²) < 4.78 is 22.8. The van der Waals surface area contributed by atoms with E-state index < -0.39 is 0 Å². The molecule has 1 unspecified atom stereocenters. The molecule has 2 fully saturated rings. The molecule has 108 valence electrons. The Morgan fingerprint density at radius 2 is 1.84 bits per heavy atom. The Hall–Kier alpha value is -0.515. The standard InChI is InChI=1S/C14H25BO4/c1-13(2)14(3,4)19-15(18-13)9-7-11-17-12-8-5-6-10-16-12/h7,11-12H,5-6,8-10H2,1-4H3/b11-7-. The van der Waals surface area contributed by atoms with E-state index in [4.69, 9.17) is 18.8 Å². The molecule has 5 heteroatoms. The first kappa shape index (κ1) is 14.9. The lowest BCUT2D eigenvalue weighted by atomic mass is 9.85. The van der Waals surface area contributed by atoms with Crippen LogP contribution < -0.4 is 0 Å². The van der Waals surface area contributed by atoms with Gasteiger partial charge in [-0.05, 0) is 40.5 Å². The Bertz CT molecular complexity index is 305. The zero-order chi connectivity index (χ0) is 13.9. The van der Waals surface area contributed by atoms with Crippen LogP contribution in [0.1, 0.15) is 47.0 Å². The van der Waals surface area contributed by atoms with Crippen LogP contribution in [0.3, 0.4) is 0 Å². The fourth-order valence-electron chi connectivity index (χ4n) is 2.19. The van der Waals surface area contributed by atoms with E-state index in [1.807, 2.05) is 6.08 Å². The summed E-state index contributed by atoms with van der Waals surface area (Å²) in [4.78, 5) is 0. The van der Waals surface area contributed by atoms with Crippen LogP contribution in [0.15, 0.2) is 12.3 Å². The molecule has 2 rings (SSSR count). The van der Waals surface area contributed by atoms with Crippen molar-refractivity contribution in [1.29, 1.82) is 0 Å². The first-order valence-corrected chi connectivity index (χ1v) is 7.18. The minimum absolute atomic E-state index is 0.0803. The SMILES string of the molecule is CC1(C)OB(C/C=C\OC2CCCCO2)OC1(C)C. The maximum Gasteiger partial charge on any atom is 0.461 e. The smallest absolute Gasteiger partial charge is 0.461 e. The van der Waals surface area contributed by atoms with Gasteiger partial charge in [-0.15, -0.1) is 0 Å². The Kier molecular flexibility index (Phi) is 4.59. The summed E-state index contributed by atoms with van der Waals surface area (Å²) in [6, 6.07) is 0. The Morgan fingerprint density at radius 3 is 2.42 bits per heavy atom. The zero-order valence-electron chi connectivity index (χ0n) is 12.5. The Labute approximate surface area is 116 Å². The van der Waals surface area contributed by atoms with Gasteiger partial charge >= 0.3 is 7.12 Å². The number of hydrogen-bond donors (Lipinski definition) is 0. The number of allylic oxidation sites excluding steroid dienone is 1. The number of hydrogen-bond acceptors (Lipinski definition) is 4. The summed E-state index contributed by atoms with van der Waals surface area (Å²) in [6.45, 7) is 9.04. The average Bonchev–Trinajstić information content (AvgIpc) is 2.55. The molecular weight excluding hydrogens is 243 g/mol. The van der Waals surface area contributed by atoms with E-state index in [2.05, 4.69) is 27.7 Å². The van der Waals surface area contributed by atoms with E-state index in [0.717, 1.165) is 19.4 Å². The molecule has 1 atom stereocenters. The van der Waals surface area contributed by atoms with Crippen molar-refractivity contribution in [2.24, 2.45) is 0 Å². The highest BCUT2D eigenvalue weighted by atomic mass is 16.7. The van der Waals surface area contributed by atoms with Crippen LogP contribution in [-0.2, 0) is 18.8 Å². The van der Waals surface area contributed by atoms with Gasteiger partial charge in [0.15, 0.2) is 6.29 Å². The van der Waals surface area contributed by atoms with E-state index in [-0.39, 0.29) is 24.6 Å². The van der Waals surface area contributed by atoms with E-state index in [1.165, 1.54) is 6.42 Å². The first-order valence-electron chi connectivity index (χ1n) is 7.18. The van der Waals surface area contributed by atoms with Gasteiger partial charge in [0.1, 0.15) is 0 Å². The summed E-state index contributed by atoms with van der Waals surface area (Å²) in [6.07, 6.45) is 7.55. The predicted molar refractivity (Wildman–Crippen MR) is 74.7 cm³/mol. The molecule has 0 saturated carbocycles. The molecule has 0 aromatic rings. The van der Waals surface area contributed by atoms with Crippen molar-refractivity contribution in [3.63, 3.8) is 0 Å². The monoisotopic (exact) mass is 268 g/mol. The van der Waals surface area contributed by atoms with E-state index in [1.54, 1.807) is 6.26 Å². The minimum Gasteiger partial charge on any atom is -0.473 e. The van der Waals surface area contributed by atoms with Gasteiger partial charge in [0.05, 0.1) is 24.1 Å². The highest BCUT2D eigenvalue weighted by molar-refractivity contribution is 6.46. The van der Waals surface area contributed by atoms with Crippen molar-refractivity contribution in [2.75, 3.05) is 6.61 Å². The zero-order valence-corrected chi connectivity index (χ0v) is 12.5. The summed E-state index contributed by atoms with van der Waals surface area (Å²) in [5.74, 6) is 0. The molecule has 0 aliphatic carbocycles. The van der Waals surface area contributed by atoms with Crippen molar-refractivity contribution < 1.29 is 18.8 Å². The van der Waals surface area contributed by atoms with Crippen molar-refractivity contribution in [3.05, 3.63) is 12.3 Å². The van der Waals surface area contributed by atoms with E-state index in [0.29, 0.717) is 6.32 Å². The Morgan fingerprint density at radius 1 is 1.16 bits per heavy atom. The van der Waals surface area contributed by atoms with Gasteiger partial charge in [0.2, 0.25) is 0 Å². The quantitative estimate of drug-likeness (QED) is 0.579. The van der Waals surface area contributed by atoms with Crippen LogP contribution in [0.4, 0.5) is 0 Å². The second-order valence-corrected chi connectivity index (χ2v) is 6.23. The summed E-state index contributed by atoms with van der Waals surface area (Å²) >= 11 is 0. The molecule has 0 aromatic carbocycles. The van der Waals surface area contributed by atoms with Crippen molar-refractivity contribution >= 4 is 7.12 Å². The largest absolute Gasteiger partial charge is 0.473 e. The molecule has 2 aliphatic heterocycles. The lowest BCUT2D eigenvalue weighted by Crippen LogP contribution is -2.41. The summed E-state index contributed by atoms with van der Waals surface area (Å²) in [5, 5.41) is 0. The molecule has 0 radical (unpaired) electrons. The third kappa shape index (κ3) is 3.74. The maximum absolute atomic E-state index is 5.90. The minimum atomic E-state index is -0.265. The van der Waals surface area contributed by atoms with Gasteiger partial charge in [-0.25, -0.2) is 0 Å². The van der Waals surface area contributed by atoms with Crippen molar-refractivity contribution in [3.8, 4) is 0 Å². The summed E-state index contributed by atoms with van der Waals surface area (Å²) in [7, 11) is -0.197. The molecule has 2 heterocycles. The fourth-order valence-corrected chi connectivity index (χ4v) is 2.19. The molecule has 19 heavy (non-hydrogen) atoms. The van der Waals surface area contributed by atoms with Crippen molar-refractivity contribution in [1.82, 2.24) is 0 Å². The van der Waals surface area contributed by atoms with Gasteiger partial charge in [-0.2, -0.15) is 0 Å². The average molecular weight is 268 g/mol. The normalized spacial score (nSPS) is 29.9. The van der Waals surface area contributed by atoms with Crippen LogP contribution in [0.2, 0.25) is 6.32 Å². The van der Waals surface area contributed by atoms with Crippen LogP contribution >= 0.6 is 0 Å². The molecule has 4 nitrogen and oxygen atoms in total. The second kappa shape index (κ2) is 5.86. The van der Waals surface area contributed by atoms with Crippen molar-refractivity contribution in [2.45, 2.75) is 70.8 Å². The van der Waals surface area contributed by atoms with Crippen LogP contribution in [0.25, 0.3) is 0 Å². The third-order valence-electron chi connectivity index (χ3n) is 4.10. The van der Waals surface area contributed by atoms with Crippen LogP contribution in [0, 0.1) is 0 Å². The van der Waals surface area contributed by atoms with Crippen LogP contribution in [0.5, 0.6) is 0 Å². The lowest BCUT2D eigenvalue weighted by molar-refractivity contribution is -0.129. The molecule has 0 bridgehead atoms. The second-order valence-electron chi connectivity index (χ2n) is 6.23.